The quantitative estimate of drug-likeness (QED) is 0.654. The summed E-state index contributed by atoms with van der Waals surface area (Å²) in [6.45, 7) is 5.12. The Kier molecular flexibility index (Phi) is 5.51. The van der Waals surface area contributed by atoms with Crippen molar-refractivity contribution in [3.8, 4) is 0 Å². The standard InChI is InChI=1S/C20H21ClN4/c1-15(2)25(14-16-7-4-3-5-8-16)19-11-12-22-20(24-19)23-18-10-6-9-17(21)13-18/h3-13,15H,14H2,1-2H3,(H,22,23,24). The molecular formula is C20H21ClN4. The van der Waals surface area contributed by atoms with Crippen LogP contribution in [-0.4, -0.2) is 16.0 Å². The van der Waals surface area contributed by atoms with Crippen molar-refractivity contribution in [2.45, 2.75) is 26.4 Å². The molecule has 0 spiro atoms. The molecule has 1 N–H and O–H groups in total. The monoisotopic (exact) mass is 352 g/mol. The smallest absolute Gasteiger partial charge is 0.229 e. The molecule has 128 valence electrons. The maximum Gasteiger partial charge on any atom is 0.229 e. The van der Waals surface area contributed by atoms with E-state index in [1.165, 1.54) is 5.56 Å². The number of anilines is 3. The van der Waals surface area contributed by atoms with Crippen LogP contribution in [0.2, 0.25) is 5.02 Å². The molecule has 3 rings (SSSR count). The molecule has 0 aliphatic heterocycles. The summed E-state index contributed by atoms with van der Waals surface area (Å²) >= 11 is 6.04. The highest BCUT2D eigenvalue weighted by molar-refractivity contribution is 6.30. The number of nitrogens with zero attached hydrogens (tertiary/aromatic N) is 3. The summed E-state index contributed by atoms with van der Waals surface area (Å²) in [7, 11) is 0. The van der Waals surface area contributed by atoms with E-state index in [-0.39, 0.29) is 0 Å². The molecule has 0 aliphatic carbocycles. The van der Waals surface area contributed by atoms with Crippen LogP contribution in [0.1, 0.15) is 19.4 Å². The maximum atomic E-state index is 6.04. The van der Waals surface area contributed by atoms with Gasteiger partial charge in [-0.2, -0.15) is 4.98 Å². The SMILES string of the molecule is CC(C)N(Cc1ccccc1)c1ccnc(Nc2cccc(Cl)c2)n1. The number of benzene rings is 2. The largest absolute Gasteiger partial charge is 0.350 e. The minimum Gasteiger partial charge on any atom is -0.350 e. The second-order valence-corrected chi connectivity index (χ2v) is 6.52. The molecule has 3 aromatic rings. The van der Waals surface area contributed by atoms with Gasteiger partial charge in [0, 0.05) is 29.5 Å². The average Bonchev–Trinajstić information content (AvgIpc) is 2.60. The zero-order valence-electron chi connectivity index (χ0n) is 14.4. The molecule has 0 fully saturated rings. The second-order valence-electron chi connectivity index (χ2n) is 6.08. The van der Waals surface area contributed by atoms with Crippen LogP contribution in [0.25, 0.3) is 0 Å². The van der Waals surface area contributed by atoms with Crippen LogP contribution in [0.5, 0.6) is 0 Å². The van der Waals surface area contributed by atoms with E-state index in [1.54, 1.807) is 6.20 Å². The van der Waals surface area contributed by atoms with Crippen LogP contribution in [-0.2, 0) is 6.54 Å². The number of rotatable bonds is 6. The third-order valence-corrected chi connectivity index (χ3v) is 4.07. The minimum atomic E-state index is 0.314. The van der Waals surface area contributed by atoms with Crippen LogP contribution >= 0.6 is 11.6 Å². The highest BCUT2D eigenvalue weighted by atomic mass is 35.5. The number of nitrogens with one attached hydrogen (secondary N) is 1. The molecule has 0 saturated carbocycles. The molecule has 0 bridgehead atoms. The Morgan fingerprint density at radius 3 is 2.56 bits per heavy atom. The van der Waals surface area contributed by atoms with Crippen molar-refractivity contribution in [1.29, 1.82) is 0 Å². The third-order valence-electron chi connectivity index (χ3n) is 3.83. The van der Waals surface area contributed by atoms with Crippen molar-refractivity contribution in [2.75, 3.05) is 10.2 Å². The molecule has 0 radical (unpaired) electrons. The molecule has 1 aromatic heterocycles. The molecule has 4 nitrogen and oxygen atoms in total. The summed E-state index contributed by atoms with van der Waals surface area (Å²) in [6, 6.07) is 20.2. The van der Waals surface area contributed by atoms with E-state index in [2.05, 4.69) is 58.3 Å². The number of hydrogen-bond donors (Lipinski definition) is 1. The minimum absolute atomic E-state index is 0.314. The highest BCUT2D eigenvalue weighted by Gasteiger charge is 2.13. The van der Waals surface area contributed by atoms with E-state index in [4.69, 9.17) is 11.6 Å². The van der Waals surface area contributed by atoms with Gasteiger partial charge in [0.05, 0.1) is 0 Å². The molecule has 1 heterocycles. The van der Waals surface area contributed by atoms with Gasteiger partial charge in [-0.05, 0) is 43.7 Å². The lowest BCUT2D eigenvalue weighted by molar-refractivity contribution is 0.672. The average molecular weight is 353 g/mol. The Labute approximate surface area is 153 Å². The summed E-state index contributed by atoms with van der Waals surface area (Å²) in [5.41, 5.74) is 2.11. The van der Waals surface area contributed by atoms with Gasteiger partial charge in [-0.15, -0.1) is 0 Å². The Balaban J connectivity index is 1.82. The lowest BCUT2D eigenvalue weighted by Gasteiger charge is -2.28. The van der Waals surface area contributed by atoms with Crippen molar-refractivity contribution in [3.63, 3.8) is 0 Å². The first-order valence-electron chi connectivity index (χ1n) is 8.28. The molecule has 2 aromatic carbocycles. The Morgan fingerprint density at radius 2 is 1.84 bits per heavy atom. The van der Waals surface area contributed by atoms with Crippen LogP contribution in [0.3, 0.4) is 0 Å². The summed E-state index contributed by atoms with van der Waals surface area (Å²) in [5.74, 6) is 1.44. The molecule has 0 unspecified atom stereocenters. The van der Waals surface area contributed by atoms with E-state index in [0.29, 0.717) is 17.0 Å². The molecule has 0 aliphatic rings. The zero-order chi connectivity index (χ0) is 17.6. The summed E-state index contributed by atoms with van der Waals surface area (Å²) in [6.07, 6.45) is 1.77. The van der Waals surface area contributed by atoms with Gasteiger partial charge in [-0.25, -0.2) is 4.98 Å². The number of aromatic nitrogens is 2. The molecular weight excluding hydrogens is 332 g/mol. The zero-order valence-corrected chi connectivity index (χ0v) is 15.1. The van der Waals surface area contributed by atoms with Crippen LogP contribution in [0.15, 0.2) is 66.9 Å². The molecule has 25 heavy (non-hydrogen) atoms. The highest BCUT2D eigenvalue weighted by Crippen LogP contribution is 2.21. The molecule has 0 amide bonds. The van der Waals surface area contributed by atoms with Crippen LogP contribution < -0.4 is 10.2 Å². The summed E-state index contributed by atoms with van der Waals surface area (Å²) in [5, 5.41) is 3.88. The van der Waals surface area contributed by atoms with Gasteiger partial charge in [0.15, 0.2) is 0 Å². The fourth-order valence-corrected chi connectivity index (χ4v) is 2.76. The third kappa shape index (κ3) is 4.70. The summed E-state index contributed by atoms with van der Waals surface area (Å²) < 4.78 is 0. The lowest BCUT2D eigenvalue weighted by atomic mass is 10.2. The Hall–Kier alpha value is -2.59. The van der Waals surface area contributed by atoms with Gasteiger partial charge in [-0.1, -0.05) is 48.0 Å². The van der Waals surface area contributed by atoms with Gasteiger partial charge in [0.1, 0.15) is 5.82 Å². The number of halogens is 1. The number of hydrogen-bond acceptors (Lipinski definition) is 4. The molecule has 5 heteroatoms. The van der Waals surface area contributed by atoms with Gasteiger partial charge in [-0.3, -0.25) is 0 Å². The first-order chi connectivity index (χ1) is 12.1. The van der Waals surface area contributed by atoms with Gasteiger partial charge >= 0.3 is 0 Å². The Bertz CT molecular complexity index is 821. The lowest BCUT2D eigenvalue weighted by Crippen LogP contribution is -2.31. The summed E-state index contributed by atoms with van der Waals surface area (Å²) in [4.78, 5) is 11.2. The van der Waals surface area contributed by atoms with E-state index in [9.17, 15) is 0 Å². The first-order valence-corrected chi connectivity index (χ1v) is 8.66. The molecule has 0 saturated heterocycles. The van der Waals surface area contributed by atoms with Crippen molar-refractivity contribution in [1.82, 2.24) is 9.97 Å². The first kappa shape index (κ1) is 17.2. The van der Waals surface area contributed by atoms with E-state index >= 15 is 0 Å². The Morgan fingerprint density at radius 1 is 1.04 bits per heavy atom. The van der Waals surface area contributed by atoms with Gasteiger partial charge in [0.2, 0.25) is 5.95 Å². The normalized spacial score (nSPS) is 10.7. The van der Waals surface area contributed by atoms with Crippen LogP contribution in [0.4, 0.5) is 17.5 Å². The van der Waals surface area contributed by atoms with Gasteiger partial charge in [0.25, 0.3) is 0 Å². The van der Waals surface area contributed by atoms with Crippen molar-refractivity contribution >= 4 is 29.1 Å². The predicted molar refractivity (Wildman–Crippen MR) is 105 cm³/mol. The van der Waals surface area contributed by atoms with E-state index in [1.807, 2.05) is 36.4 Å². The van der Waals surface area contributed by atoms with Crippen molar-refractivity contribution in [2.24, 2.45) is 0 Å². The fraction of sp³-hybridized carbons (Fsp3) is 0.200. The topological polar surface area (TPSA) is 41.1 Å². The second kappa shape index (κ2) is 7.99. The molecule has 0 atom stereocenters. The van der Waals surface area contributed by atoms with Gasteiger partial charge < -0.3 is 10.2 Å². The van der Waals surface area contributed by atoms with Crippen LogP contribution in [0, 0.1) is 0 Å². The van der Waals surface area contributed by atoms with E-state index < -0.39 is 0 Å². The maximum absolute atomic E-state index is 6.04. The van der Waals surface area contributed by atoms with Crippen molar-refractivity contribution < 1.29 is 0 Å². The van der Waals surface area contributed by atoms with E-state index in [0.717, 1.165) is 18.1 Å². The predicted octanol–water partition coefficient (Wildman–Crippen LogP) is 5.29. The fourth-order valence-electron chi connectivity index (χ4n) is 2.57. The van der Waals surface area contributed by atoms with Crippen molar-refractivity contribution in [3.05, 3.63) is 77.4 Å².